The Morgan fingerprint density at radius 2 is 1.50 bits per heavy atom. The molecule has 2 aromatic carbocycles. The van der Waals surface area contributed by atoms with Crippen molar-refractivity contribution in [1.82, 2.24) is 0 Å². The number of rotatable bonds is 5. The second-order valence-corrected chi connectivity index (χ2v) is 5.87. The maximum Gasteiger partial charge on any atom is -0.00425 e. The molecule has 2 aromatic rings. The third kappa shape index (κ3) is 3.71. The molecule has 0 aliphatic carbocycles. The van der Waals surface area contributed by atoms with E-state index in [0.717, 1.165) is 19.4 Å². The normalized spacial score (nSPS) is 12.4. The summed E-state index contributed by atoms with van der Waals surface area (Å²) in [6, 6.07) is 15.3. The number of nitrogens with two attached hydrogens (primary N) is 1. The Balaban J connectivity index is 2.11. The van der Waals surface area contributed by atoms with E-state index < -0.39 is 0 Å². The SMILES string of the molecule is Cc1ccc(CC(CN)Cc2ccccc2C)c(C)c1. The minimum absolute atomic E-state index is 0.512. The highest BCUT2D eigenvalue weighted by Gasteiger charge is 2.11. The van der Waals surface area contributed by atoms with Crippen LogP contribution in [0.5, 0.6) is 0 Å². The zero-order valence-electron chi connectivity index (χ0n) is 12.8. The molecule has 2 N–H and O–H groups in total. The summed E-state index contributed by atoms with van der Waals surface area (Å²) in [6.07, 6.45) is 2.13. The average molecular weight is 267 g/mol. The van der Waals surface area contributed by atoms with Gasteiger partial charge in [-0.1, -0.05) is 48.0 Å². The minimum atomic E-state index is 0.512. The third-order valence-electron chi connectivity index (χ3n) is 4.11. The van der Waals surface area contributed by atoms with Crippen LogP contribution in [-0.2, 0) is 12.8 Å². The Bertz CT molecular complexity index is 572. The summed E-state index contributed by atoms with van der Waals surface area (Å²) in [7, 11) is 0. The minimum Gasteiger partial charge on any atom is -0.330 e. The molecule has 0 bridgehead atoms. The van der Waals surface area contributed by atoms with E-state index in [1.165, 1.54) is 27.8 Å². The predicted molar refractivity (Wildman–Crippen MR) is 87.0 cm³/mol. The van der Waals surface area contributed by atoms with Crippen molar-refractivity contribution in [2.24, 2.45) is 11.7 Å². The van der Waals surface area contributed by atoms with Crippen LogP contribution in [0.25, 0.3) is 0 Å². The molecule has 0 radical (unpaired) electrons. The molecule has 1 atom stereocenters. The maximum atomic E-state index is 6.00. The molecule has 0 saturated carbocycles. The van der Waals surface area contributed by atoms with Gasteiger partial charge >= 0.3 is 0 Å². The van der Waals surface area contributed by atoms with Crippen molar-refractivity contribution < 1.29 is 0 Å². The van der Waals surface area contributed by atoms with Gasteiger partial charge in [0.25, 0.3) is 0 Å². The highest BCUT2D eigenvalue weighted by atomic mass is 14.5. The van der Waals surface area contributed by atoms with E-state index >= 15 is 0 Å². The number of aryl methyl sites for hydroxylation is 3. The molecule has 106 valence electrons. The Kier molecular flexibility index (Phi) is 4.97. The molecular formula is C19H25N. The highest BCUT2D eigenvalue weighted by Crippen LogP contribution is 2.19. The Labute approximate surface area is 122 Å². The molecule has 0 aliphatic heterocycles. The van der Waals surface area contributed by atoms with E-state index in [4.69, 9.17) is 5.73 Å². The van der Waals surface area contributed by atoms with Crippen LogP contribution in [-0.4, -0.2) is 6.54 Å². The van der Waals surface area contributed by atoms with E-state index in [9.17, 15) is 0 Å². The van der Waals surface area contributed by atoms with Crippen LogP contribution in [0.3, 0.4) is 0 Å². The fourth-order valence-electron chi connectivity index (χ4n) is 2.77. The number of benzene rings is 2. The van der Waals surface area contributed by atoms with Crippen molar-refractivity contribution in [3.8, 4) is 0 Å². The molecule has 0 saturated heterocycles. The van der Waals surface area contributed by atoms with Crippen LogP contribution in [0, 0.1) is 26.7 Å². The highest BCUT2D eigenvalue weighted by molar-refractivity contribution is 5.31. The van der Waals surface area contributed by atoms with Crippen molar-refractivity contribution in [2.75, 3.05) is 6.54 Å². The van der Waals surface area contributed by atoms with Crippen LogP contribution in [0.1, 0.15) is 27.8 Å². The Hall–Kier alpha value is -1.60. The van der Waals surface area contributed by atoms with Gasteiger partial charge in [0.2, 0.25) is 0 Å². The summed E-state index contributed by atoms with van der Waals surface area (Å²) in [5, 5.41) is 0. The molecule has 1 nitrogen and oxygen atoms in total. The van der Waals surface area contributed by atoms with Crippen molar-refractivity contribution in [1.29, 1.82) is 0 Å². The first-order valence-electron chi connectivity index (χ1n) is 7.41. The Morgan fingerprint density at radius 1 is 0.850 bits per heavy atom. The zero-order valence-corrected chi connectivity index (χ0v) is 12.8. The van der Waals surface area contributed by atoms with Crippen molar-refractivity contribution in [2.45, 2.75) is 33.6 Å². The second kappa shape index (κ2) is 6.71. The fourth-order valence-corrected chi connectivity index (χ4v) is 2.77. The predicted octanol–water partition coefficient (Wildman–Crippen LogP) is 3.97. The van der Waals surface area contributed by atoms with Crippen molar-refractivity contribution in [3.63, 3.8) is 0 Å². The lowest BCUT2D eigenvalue weighted by molar-refractivity contribution is 0.531. The molecule has 0 amide bonds. The molecule has 2 rings (SSSR count). The number of hydrogen-bond donors (Lipinski definition) is 1. The quantitative estimate of drug-likeness (QED) is 0.871. The first-order chi connectivity index (χ1) is 9.60. The molecule has 0 fully saturated rings. The van der Waals surface area contributed by atoms with E-state index in [0.29, 0.717) is 5.92 Å². The third-order valence-corrected chi connectivity index (χ3v) is 4.11. The van der Waals surface area contributed by atoms with Gasteiger partial charge in [-0.3, -0.25) is 0 Å². The fraction of sp³-hybridized carbons (Fsp3) is 0.368. The van der Waals surface area contributed by atoms with Gasteiger partial charge < -0.3 is 5.73 Å². The van der Waals surface area contributed by atoms with Crippen LogP contribution >= 0.6 is 0 Å². The molecular weight excluding hydrogens is 242 g/mol. The lowest BCUT2D eigenvalue weighted by atomic mass is 9.89. The van der Waals surface area contributed by atoms with E-state index in [-0.39, 0.29) is 0 Å². The summed E-state index contributed by atoms with van der Waals surface area (Å²) in [6.45, 7) is 7.26. The van der Waals surface area contributed by atoms with Crippen molar-refractivity contribution in [3.05, 3.63) is 70.3 Å². The smallest absolute Gasteiger partial charge is 0.00425 e. The van der Waals surface area contributed by atoms with Crippen molar-refractivity contribution >= 4 is 0 Å². The van der Waals surface area contributed by atoms with Gasteiger partial charge in [-0.25, -0.2) is 0 Å². The van der Waals surface area contributed by atoms with Gasteiger partial charge in [0, 0.05) is 0 Å². The van der Waals surface area contributed by atoms with Gasteiger partial charge in [-0.2, -0.15) is 0 Å². The van der Waals surface area contributed by atoms with Gasteiger partial charge in [-0.15, -0.1) is 0 Å². The summed E-state index contributed by atoms with van der Waals surface area (Å²) in [5.74, 6) is 0.512. The molecule has 1 unspecified atom stereocenters. The summed E-state index contributed by atoms with van der Waals surface area (Å²) in [4.78, 5) is 0. The largest absolute Gasteiger partial charge is 0.330 e. The average Bonchev–Trinajstić information content (AvgIpc) is 2.43. The van der Waals surface area contributed by atoms with Gasteiger partial charge in [0.15, 0.2) is 0 Å². The van der Waals surface area contributed by atoms with E-state index in [2.05, 4.69) is 63.2 Å². The molecule has 0 aliphatic rings. The second-order valence-electron chi connectivity index (χ2n) is 5.87. The first kappa shape index (κ1) is 14.8. The molecule has 1 heteroatoms. The Morgan fingerprint density at radius 3 is 2.10 bits per heavy atom. The number of hydrogen-bond acceptors (Lipinski definition) is 1. The summed E-state index contributed by atoms with van der Waals surface area (Å²) < 4.78 is 0. The van der Waals surface area contributed by atoms with E-state index in [1.807, 2.05) is 0 Å². The van der Waals surface area contributed by atoms with Crippen LogP contribution in [0.15, 0.2) is 42.5 Å². The maximum absolute atomic E-state index is 6.00. The lowest BCUT2D eigenvalue weighted by Crippen LogP contribution is -2.20. The summed E-state index contributed by atoms with van der Waals surface area (Å²) >= 11 is 0. The molecule has 0 aromatic heterocycles. The molecule has 20 heavy (non-hydrogen) atoms. The summed E-state index contributed by atoms with van der Waals surface area (Å²) in [5.41, 5.74) is 12.9. The lowest BCUT2D eigenvalue weighted by Gasteiger charge is -2.18. The molecule has 0 spiro atoms. The monoisotopic (exact) mass is 267 g/mol. The van der Waals surface area contributed by atoms with Gasteiger partial charge in [0.1, 0.15) is 0 Å². The first-order valence-corrected chi connectivity index (χ1v) is 7.41. The van der Waals surface area contributed by atoms with Crippen LogP contribution in [0.2, 0.25) is 0 Å². The molecule has 0 heterocycles. The standard InChI is InChI=1S/C19H25N/c1-14-8-9-19(16(3)10-14)12-17(13-20)11-18-7-5-4-6-15(18)2/h4-10,17H,11-13,20H2,1-3H3. The van der Waals surface area contributed by atoms with Gasteiger partial charge in [-0.05, 0) is 68.3 Å². The van der Waals surface area contributed by atoms with E-state index in [1.54, 1.807) is 0 Å². The zero-order chi connectivity index (χ0) is 14.5. The topological polar surface area (TPSA) is 26.0 Å². The van der Waals surface area contributed by atoms with Crippen LogP contribution in [0.4, 0.5) is 0 Å². The van der Waals surface area contributed by atoms with Gasteiger partial charge in [0.05, 0.1) is 0 Å². The van der Waals surface area contributed by atoms with Crippen LogP contribution < -0.4 is 5.73 Å².